The molecule has 0 saturated carbocycles. The van der Waals surface area contributed by atoms with Crippen molar-refractivity contribution in [1.29, 1.82) is 0 Å². The summed E-state index contributed by atoms with van der Waals surface area (Å²) in [5.41, 5.74) is 0.687. The van der Waals surface area contributed by atoms with E-state index < -0.39 is 10.0 Å². The summed E-state index contributed by atoms with van der Waals surface area (Å²) in [6.45, 7) is 1.78. The molecule has 1 aliphatic rings. The Bertz CT molecular complexity index is 1070. The molecule has 9 heteroatoms. The van der Waals surface area contributed by atoms with Gasteiger partial charge in [-0.05, 0) is 55.7 Å². The molecule has 2 amide bonds. The number of amides is 2. The van der Waals surface area contributed by atoms with Crippen LogP contribution in [0.2, 0.25) is 5.02 Å². The van der Waals surface area contributed by atoms with Crippen molar-refractivity contribution in [3.63, 3.8) is 0 Å². The standard InChI is InChI=1S/C23H28ClN3O4S/c1-26(20-10-6-9-19(24)17-20)32(30,31)21-11-5-8-18(16-21)23(29)25-13-7-15-27-14-4-2-3-12-22(27)28/h5-6,8-11,16-17H,2-4,7,12-15H2,1H3,(H,25,29). The summed E-state index contributed by atoms with van der Waals surface area (Å²) in [6, 6.07) is 12.5. The van der Waals surface area contributed by atoms with E-state index in [1.807, 2.05) is 4.90 Å². The highest BCUT2D eigenvalue weighted by molar-refractivity contribution is 7.92. The molecule has 0 aromatic heterocycles. The van der Waals surface area contributed by atoms with Gasteiger partial charge in [-0.15, -0.1) is 0 Å². The zero-order valence-electron chi connectivity index (χ0n) is 18.1. The Morgan fingerprint density at radius 1 is 1.12 bits per heavy atom. The maximum Gasteiger partial charge on any atom is 0.264 e. The number of rotatable bonds is 8. The number of benzene rings is 2. The summed E-state index contributed by atoms with van der Waals surface area (Å²) in [6.07, 6.45) is 4.27. The van der Waals surface area contributed by atoms with Crippen molar-refractivity contribution >= 4 is 39.1 Å². The predicted octanol–water partition coefficient (Wildman–Crippen LogP) is 3.69. The third kappa shape index (κ3) is 6.01. The largest absolute Gasteiger partial charge is 0.352 e. The second kappa shape index (κ2) is 10.8. The Kier molecular flexibility index (Phi) is 8.15. The molecular formula is C23H28ClN3O4S. The van der Waals surface area contributed by atoms with E-state index in [1.165, 1.54) is 19.2 Å². The average Bonchev–Trinajstić information content (AvgIpc) is 3.00. The number of likely N-dealkylation sites (tertiary alicyclic amines) is 1. The van der Waals surface area contributed by atoms with Crippen molar-refractivity contribution in [2.24, 2.45) is 0 Å². The molecule has 0 aliphatic carbocycles. The lowest BCUT2D eigenvalue weighted by Gasteiger charge is -2.20. The van der Waals surface area contributed by atoms with E-state index in [-0.39, 0.29) is 22.3 Å². The van der Waals surface area contributed by atoms with Gasteiger partial charge in [0.2, 0.25) is 5.91 Å². The van der Waals surface area contributed by atoms with Crippen LogP contribution in [0, 0.1) is 0 Å². The Morgan fingerprint density at radius 2 is 1.91 bits per heavy atom. The third-order valence-electron chi connectivity index (χ3n) is 5.49. The van der Waals surface area contributed by atoms with Gasteiger partial charge in [-0.3, -0.25) is 13.9 Å². The number of carbonyl (C=O) groups is 2. The molecule has 0 radical (unpaired) electrons. The fraction of sp³-hybridized carbons (Fsp3) is 0.391. The third-order valence-corrected chi connectivity index (χ3v) is 7.50. The fourth-order valence-corrected chi connectivity index (χ4v) is 5.03. The van der Waals surface area contributed by atoms with Crippen LogP contribution in [-0.2, 0) is 14.8 Å². The summed E-state index contributed by atoms with van der Waals surface area (Å²) in [4.78, 5) is 26.5. The first-order valence-corrected chi connectivity index (χ1v) is 12.5. The first-order valence-electron chi connectivity index (χ1n) is 10.7. The summed E-state index contributed by atoms with van der Waals surface area (Å²) in [7, 11) is -2.42. The van der Waals surface area contributed by atoms with E-state index in [0.29, 0.717) is 36.6 Å². The smallest absolute Gasteiger partial charge is 0.264 e. The van der Waals surface area contributed by atoms with Gasteiger partial charge in [-0.25, -0.2) is 8.42 Å². The number of nitrogens with zero attached hydrogens (tertiary/aromatic N) is 2. The van der Waals surface area contributed by atoms with Crippen LogP contribution in [-0.4, -0.2) is 51.8 Å². The quantitative estimate of drug-likeness (QED) is 0.587. The highest BCUT2D eigenvalue weighted by Gasteiger charge is 2.23. The van der Waals surface area contributed by atoms with Crippen molar-refractivity contribution in [3.05, 3.63) is 59.1 Å². The highest BCUT2D eigenvalue weighted by Crippen LogP contribution is 2.25. The predicted molar refractivity (Wildman–Crippen MR) is 125 cm³/mol. The molecule has 0 unspecified atom stereocenters. The van der Waals surface area contributed by atoms with E-state index in [0.717, 1.165) is 30.1 Å². The minimum absolute atomic E-state index is 0.0165. The maximum atomic E-state index is 13.0. The lowest BCUT2D eigenvalue weighted by molar-refractivity contribution is -0.130. The second-order valence-corrected chi connectivity index (χ2v) is 10.2. The van der Waals surface area contributed by atoms with Crippen LogP contribution in [0.4, 0.5) is 5.69 Å². The van der Waals surface area contributed by atoms with Crippen LogP contribution in [0.25, 0.3) is 0 Å². The molecule has 2 aromatic carbocycles. The molecule has 1 saturated heterocycles. The Balaban J connectivity index is 1.61. The van der Waals surface area contributed by atoms with Crippen molar-refractivity contribution in [1.82, 2.24) is 10.2 Å². The Morgan fingerprint density at radius 3 is 2.69 bits per heavy atom. The van der Waals surface area contributed by atoms with Crippen LogP contribution in [0.1, 0.15) is 42.5 Å². The van der Waals surface area contributed by atoms with E-state index in [9.17, 15) is 18.0 Å². The summed E-state index contributed by atoms with van der Waals surface area (Å²) < 4.78 is 27.2. The molecule has 7 nitrogen and oxygen atoms in total. The van der Waals surface area contributed by atoms with Gasteiger partial charge in [0, 0.05) is 43.7 Å². The van der Waals surface area contributed by atoms with Crippen LogP contribution < -0.4 is 9.62 Å². The monoisotopic (exact) mass is 477 g/mol. The minimum Gasteiger partial charge on any atom is -0.352 e. The minimum atomic E-state index is -3.86. The van der Waals surface area contributed by atoms with Gasteiger partial charge in [-0.1, -0.05) is 30.2 Å². The zero-order valence-corrected chi connectivity index (χ0v) is 19.7. The molecule has 1 N–H and O–H groups in total. The number of anilines is 1. The Hall–Kier alpha value is -2.58. The van der Waals surface area contributed by atoms with Gasteiger partial charge in [0.15, 0.2) is 0 Å². The lowest BCUT2D eigenvalue weighted by atomic mass is 10.2. The molecule has 32 heavy (non-hydrogen) atoms. The van der Waals surface area contributed by atoms with E-state index >= 15 is 0 Å². The second-order valence-electron chi connectivity index (χ2n) is 7.78. The maximum absolute atomic E-state index is 13.0. The number of hydrogen-bond donors (Lipinski definition) is 1. The molecular weight excluding hydrogens is 450 g/mol. The van der Waals surface area contributed by atoms with Gasteiger partial charge in [0.05, 0.1) is 10.6 Å². The van der Waals surface area contributed by atoms with Crippen LogP contribution in [0.5, 0.6) is 0 Å². The van der Waals surface area contributed by atoms with Crippen molar-refractivity contribution in [3.8, 4) is 0 Å². The number of hydrogen-bond acceptors (Lipinski definition) is 4. The number of sulfonamides is 1. The van der Waals surface area contributed by atoms with E-state index in [2.05, 4.69) is 5.32 Å². The molecule has 0 atom stereocenters. The highest BCUT2D eigenvalue weighted by atomic mass is 35.5. The van der Waals surface area contributed by atoms with Crippen LogP contribution >= 0.6 is 11.6 Å². The normalized spacial score (nSPS) is 14.7. The first-order chi connectivity index (χ1) is 15.3. The topological polar surface area (TPSA) is 86.8 Å². The average molecular weight is 478 g/mol. The molecule has 1 aliphatic heterocycles. The van der Waals surface area contributed by atoms with Gasteiger partial charge >= 0.3 is 0 Å². The summed E-state index contributed by atoms with van der Waals surface area (Å²) in [5.74, 6) is -0.176. The number of halogens is 1. The Labute approximate surface area is 194 Å². The molecule has 2 aromatic rings. The molecule has 172 valence electrons. The number of carbonyl (C=O) groups excluding carboxylic acids is 2. The fourth-order valence-electron chi connectivity index (χ4n) is 3.62. The number of nitrogens with one attached hydrogen (secondary N) is 1. The van der Waals surface area contributed by atoms with Crippen molar-refractivity contribution < 1.29 is 18.0 Å². The lowest BCUT2D eigenvalue weighted by Crippen LogP contribution is -2.34. The van der Waals surface area contributed by atoms with Crippen LogP contribution in [0.3, 0.4) is 0 Å². The molecule has 0 spiro atoms. The molecule has 1 fully saturated rings. The van der Waals surface area contributed by atoms with Crippen molar-refractivity contribution in [2.45, 2.75) is 37.0 Å². The van der Waals surface area contributed by atoms with E-state index in [4.69, 9.17) is 11.6 Å². The molecule has 3 rings (SSSR count). The molecule has 1 heterocycles. The first kappa shape index (κ1) is 24.1. The van der Waals surface area contributed by atoms with Gasteiger partial charge in [-0.2, -0.15) is 0 Å². The van der Waals surface area contributed by atoms with Gasteiger partial charge in [0.1, 0.15) is 0 Å². The SMILES string of the molecule is CN(c1cccc(Cl)c1)S(=O)(=O)c1cccc(C(=O)NCCCN2CCCCCC2=O)c1. The van der Waals surface area contributed by atoms with Gasteiger partial charge < -0.3 is 10.2 Å². The molecule has 0 bridgehead atoms. The summed E-state index contributed by atoms with van der Waals surface area (Å²) in [5, 5.41) is 3.24. The van der Waals surface area contributed by atoms with E-state index in [1.54, 1.807) is 36.4 Å². The summed E-state index contributed by atoms with van der Waals surface area (Å²) >= 11 is 5.98. The zero-order chi connectivity index (χ0) is 23.1. The van der Waals surface area contributed by atoms with Crippen molar-refractivity contribution in [2.75, 3.05) is 31.0 Å². The van der Waals surface area contributed by atoms with Crippen LogP contribution in [0.15, 0.2) is 53.4 Å². The van der Waals surface area contributed by atoms with Gasteiger partial charge in [0.25, 0.3) is 15.9 Å².